The van der Waals surface area contributed by atoms with Gasteiger partial charge in [-0.3, -0.25) is 0 Å². The topological polar surface area (TPSA) is 69.6 Å². The zero-order chi connectivity index (χ0) is 11.8. The van der Waals surface area contributed by atoms with Gasteiger partial charge < -0.3 is 0 Å². The molecular formula is C9H17NO3Se2. The van der Waals surface area contributed by atoms with Crippen molar-refractivity contribution in [2.75, 3.05) is 0 Å². The van der Waals surface area contributed by atoms with E-state index in [1.807, 2.05) is 6.92 Å². The summed E-state index contributed by atoms with van der Waals surface area (Å²) in [5.74, 6) is 1.21. The van der Waals surface area contributed by atoms with E-state index in [9.17, 15) is 9.90 Å². The fraction of sp³-hybridized carbons (Fsp3) is 0.778. The molecule has 0 heterocycles. The van der Waals surface area contributed by atoms with Crippen molar-refractivity contribution in [3.8, 4) is 0 Å². The number of aliphatic carboxylic acids is 1. The van der Waals surface area contributed by atoms with E-state index in [2.05, 4.69) is 26.7 Å². The zero-order valence-corrected chi connectivity index (χ0v) is 12.3. The number of hydrogen-bond acceptors (Lipinski definition) is 3. The van der Waals surface area contributed by atoms with Crippen LogP contribution in [0.25, 0.3) is 0 Å². The van der Waals surface area contributed by atoms with E-state index < -0.39 is 18.1 Å². The van der Waals surface area contributed by atoms with E-state index in [0.29, 0.717) is 32.3 Å². The van der Waals surface area contributed by atoms with Gasteiger partial charge in [0.25, 0.3) is 0 Å². The number of carboxylic acids is 1. The Hall–Kier alpha value is 0.139. The minimum atomic E-state index is -0.865. The van der Waals surface area contributed by atoms with Gasteiger partial charge in [0.2, 0.25) is 0 Å². The Kier molecular flexibility index (Phi) is 8.39. The third kappa shape index (κ3) is 6.33. The first kappa shape index (κ1) is 15.1. The summed E-state index contributed by atoms with van der Waals surface area (Å²) >= 11 is 3.17. The van der Waals surface area contributed by atoms with Gasteiger partial charge in [-0.05, 0) is 0 Å². The monoisotopic (exact) mass is 347 g/mol. The molecule has 3 N–H and O–H groups in total. The third-order valence-electron chi connectivity index (χ3n) is 1.91. The van der Waals surface area contributed by atoms with Crippen molar-refractivity contribution < 1.29 is 15.0 Å². The predicted octanol–water partition coefficient (Wildman–Crippen LogP) is -0.341. The second-order valence-corrected chi connectivity index (χ2v) is 6.10. The summed E-state index contributed by atoms with van der Waals surface area (Å²) in [6.07, 6.45) is 0.561. The standard InChI is InChI=1S/C9H17NO3Se2/c1-3-7(11)8(14)10-6(9(12)13)4-5-15-2/h6-7,11H,3-5H2,1-2H3,(H,10,14)(H,12,13)/t6-,7-/m0/s1. The molecule has 0 amide bonds. The number of nitrogens with one attached hydrogen (secondary N) is 1. The predicted molar refractivity (Wildman–Crippen MR) is 62.7 cm³/mol. The summed E-state index contributed by atoms with van der Waals surface area (Å²) < 4.78 is 0.522. The van der Waals surface area contributed by atoms with Crippen LogP contribution < -0.4 is 5.32 Å². The van der Waals surface area contributed by atoms with Crippen molar-refractivity contribution >= 4 is 41.0 Å². The normalized spacial score (nSPS) is 14.3. The van der Waals surface area contributed by atoms with Crippen molar-refractivity contribution in [1.29, 1.82) is 0 Å². The fourth-order valence-electron chi connectivity index (χ4n) is 0.946. The van der Waals surface area contributed by atoms with Crippen molar-refractivity contribution in [1.82, 2.24) is 5.32 Å². The molecule has 0 aliphatic heterocycles. The fourth-order valence-corrected chi connectivity index (χ4v) is 2.58. The molecular weight excluding hydrogens is 328 g/mol. The van der Waals surface area contributed by atoms with Crippen LogP contribution >= 0.6 is 0 Å². The molecule has 2 atom stereocenters. The molecule has 0 aliphatic rings. The number of carbonyl (C=O) groups is 1. The Labute approximate surface area is 104 Å². The summed E-state index contributed by atoms with van der Waals surface area (Å²) in [4.78, 5) is 10.9. The van der Waals surface area contributed by atoms with Crippen molar-refractivity contribution in [2.24, 2.45) is 0 Å². The molecule has 0 fully saturated rings. The SMILES string of the molecule is CC[C@H](O)C(=[Se])N[C@@H](CC[Se]C)C(=O)O. The minimum absolute atomic E-state index is 0.483. The number of rotatable bonds is 8. The van der Waals surface area contributed by atoms with Gasteiger partial charge in [-0.25, -0.2) is 0 Å². The van der Waals surface area contributed by atoms with Gasteiger partial charge in [-0.15, -0.1) is 0 Å². The average molecular weight is 345 g/mol. The van der Waals surface area contributed by atoms with Crippen LogP contribution in [0.2, 0.25) is 11.1 Å². The van der Waals surface area contributed by atoms with Crippen LogP contribution in [0.3, 0.4) is 0 Å². The van der Waals surface area contributed by atoms with Crippen molar-refractivity contribution in [2.45, 2.75) is 43.1 Å². The van der Waals surface area contributed by atoms with E-state index in [0.717, 1.165) is 5.32 Å². The first-order valence-corrected chi connectivity index (χ1v) is 8.51. The Morgan fingerprint density at radius 2 is 2.20 bits per heavy atom. The molecule has 0 saturated heterocycles. The van der Waals surface area contributed by atoms with Gasteiger partial charge in [0.1, 0.15) is 0 Å². The Morgan fingerprint density at radius 1 is 1.60 bits per heavy atom. The Morgan fingerprint density at radius 3 is 2.60 bits per heavy atom. The van der Waals surface area contributed by atoms with Gasteiger partial charge in [-0.2, -0.15) is 0 Å². The molecule has 0 aromatic rings. The molecule has 0 aromatic carbocycles. The van der Waals surface area contributed by atoms with Crippen LogP contribution in [0.4, 0.5) is 0 Å². The molecule has 0 unspecified atom stereocenters. The molecule has 0 radical (unpaired) electrons. The van der Waals surface area contributed by atoms with E-state index in [1.165, 1.54) is 0 Å². The summed E-state index contributed by atoms with van der Waals surface area (Å²) in [6.45, 7) is 1.84. The summed E-state index contributed by atoms with van der Waals surface area (Å²) in [5.41, 5.74) is 0. The van der Waals surface area contributed by atoms with E-state index in [-0.39, 0.29) is 0 Å². The molecule has 0 aromatic heterocycles. The molecule has 4 nitrogen and oxygen atoms in total. The molecule has 0 rings (SSSR count). The molecule has 0 saturated carbocycles. The first-order chi connectivity index (χ1) is 7.02. The molecule has 0 aliphatic carbocycles. The average Bonchev–Trinajstić information content (AvgIpc) is 2.22. The van der Waals surface area contributed by atoms with Gasteiger partial charge in [0, 0.05) is 0 Å². The van der Waals surface area contributed by atoms with Gasteiger partial charge in [0.05, 0.1) is 0 Å². The molecule has 0 spiro atoms. The van der Waals surface area contributed by atoms with Gasteiger partial charge >= 0.3 is 104 Å². The third-order valence-corrected chi connectivity index (χ3v) is 4.08. The van der Waals surface area contributed by atoms with Crippen LogP contribution in [-0.4, -0.2) is 63.4 Å². The van der Waals surface area contributed by atoms with E-state index in [1.54, 1.807) is 0 Å². The Bertz CT molecular complexity index is 223. The summed E-state index contributed by atoms with van der Waals surface area (Å²) in [7, 11) is 0. The molecule has 0 bridgehead atoms. The van der Waals surface area contributed by atoms with Crippen molar-refractivity contribution in [3.63, 3.8) is 0 Å². The van der Waals surface area contributed by atoms with E-state index >= 15 is 0 Å². The Balaban J connectivity index is 4.16. The number of carboxylic acid groups (broad SMARTS) is 1. The maximum atomic E-state index is 10.9. The van der Waals surface area contributed by atoms with Crippen LogP contribution in [0, 0.1) is 0 Å². The van der Waals surface area contributed by atoms with Crippen LogP contribution in [0.5, 0.6) is 0 Å². The van der Waals surface area contributed by atoms with E-state index in [4.69, 9.17) is 5.11 Å². The number of hydrogen-bond donors (Lipinski definition) is 3. The summed E-state index contributed by atoms with van der Waals surface area (Å²) in [6, 6.07) is -0.593. The summed E-state index contributed by atoms with van der Waals surface area (Å²) in [5, 5.41) is 22.1. The van der Waals surface area contributed by atoms with Gasteiger partial charge in [0.15, 0.2) is 0 Å². The van der Waals surface area contributed by atoms with Crippen LogP contribution in [0.1, 0.15) is 19.8 Å². The maximum absolute atomic E-state index is 10.9. The van der Waals surface area contributed by atoms with Crippen molar-refractivity contribution in [3.05, 3.63) is 0 Å². The first-order valence-electron chi connectivity index (χ1n) is 4.73. The number of aliphatic hydroxyl groups excluding tert-OH is 1. The molecule has 88 valence electrons. The number of aliphatic hydroxyl groups is 1. The molecule has 15 heavy (non-hydrogen) atoms. The quantitative estimate of drug-likeness (QED) is 0.527. The van der Waals surface area contributed by atoms with Gasteiger partial charge in [-0.1, -0.05) is 0 Å². The molecule has 6 heteroatoms. The van der Waals surface area contributed by atoms with Crippen LogP contribution in [-0.2, 0) is 4.79 Å². The second kappa shape index (κ2) is 8.31. The second-order valence-electron chi connectivity index (χ2n) is 3.10. The van der Waals surface area contributed by atoms with Crippen LogP contribution in [0.15, 0.2) is 0 Å². The zero-order valence-electron chi connectivity index (χ0n) is 8.90.